The van der Waals surface area contributed by atoms with Crippen molar-refractivity contribution in [3.8, 4) is 0 Å². The van der Waals surface area contributed by atoms with Crippen LogP contribution >= 0.6 is 11.3 Å². The number of alkyl halides is 3. The number of carboxylic acids is 1. The molecule has 0 bridgehead atoms. The van der Waals surface area contributed by atoms with E-state index in [0.29, 0.717) is 31.9 Å². The lowest BCUT2D eigenvalue weighted by Crippen LogP contribution is -2.47. The van der Waals surface area contributed by atoms with E-state index in [2.05, 4.69) is 25.2 Å². The van der Waals surface area contributed by atoms with Crippen LogP contribution in [-0.2, 0) is 16.1 Å². The first-order valence-electron chi connectivity index (χ1n) is 10.8. The maximum absolute atomic E-state index is 12.6. The number of ether oxygens (including phenoxy) is 1. The summed E-state index contributed by atoms with van der Waals surface area (Å²) < 4.78 is 39.4. The van der Waals surface area contributed by atoms with Crippen LogP contribution < -0.4 is 4.90 Å². The van der Waals surface area contributed by atoms with Gasteiger partial charge in [0, 0.05) is 26.2 Å². The van der Waals surface area contributed by atoms with E-state index >= 15 is 0 Å². The predicted molar refractivity (Wildman–Crippen MR) is 118 cm³/mol. The molecule has 5 rings (SSSR count). The summed E-state index contributed by atoms with van der Waals surface area (Å²) in [6.07, 6.45) is -1.31. The number of hydrogen-bond acceptors (Lipinski definition) is 9. The number of aromatic nitrogens is 5. The molecule has 3 aromatic rings. The van der Waals surface area contributed by atoms with Gasteiger partial charge in [-0.15, -0.1) is 16.4 Å². The maximum atomic E-state index is 12.6. The van der Waals surface area contributed by atoms with Crippen LogP contribution in [0.2, 0.25) is 0 Å². The molecule has 0 radical (unpaired) electrons. The number of morpholine rings is 1. The van der Waals surface area contributed by atoms with Gasteiger partial charge in [-0.05, 0) is 24.3 Å². The van der Waals surface area contributed by atoms with Crippen LogP contribution in [0, 0.1) is 0 Å². The second kappa shape index (κ2) is 10.5. The number of carbonyl (C=O) groups is 2. The van der Waals surface area contributed by atoms with Crippen molar-refractivity contribution in [2.45, 2.75) is 31.7 Å². The fraction of sp³-hybridized carbons (Fsp3) is 0.500. The van der Waals surface area contributed by atoms with E-state index in [-0.39, 0.29) is 12.0 Å². The molecule has 0 saturated carbocycles. The Bertz CT molecular complexity index is 1170. The van der Waals surface area contributed by atoms with E-state index in [9.17, 15) is 18.0 Å². The molecule has 1 amide bonds. The van der Waals surface area contributed by atoms with Crippen molar-refractivity contribution in [2.75, 3.05) is 37.7 Å². The molecule has 5 heterocycles. The summed E-state index contributed by atoms with van der Waals surface area (Å²) in [5.74, 6) is -1.84. The SMILES string of the molecule is O=C(O)C(F)(F)F.O=C(c1cccs1)N1CCOC(Cn2nnc3c(N4CCCC4)ncnc32)C1. The van der Waals surface area contributed by atoms with Crippen LogP contribution in [0.25, 0.3) is 11.2 Å². The number of fused-ring (bicyclic) bond motifs is 1. The van der Waals surface area contributed by atoms with Crippen molar-refractivity contribution in [2.24, 2.45) is 0 Å². The normalized spacial score (nSPS) is 18.4. The van der Waals surface area contributed by atoms with Gasteiger partial charge in [-0.3, -0.25) is 4.79 Å². The quantitative estimate of drug-likeness (QED) is 0.558. The van der Waals surface area contributed by atoms with E-state index in [4.69, 9.17) is 14.6 Å². The average molecular weight is 514 g/mol. The second-order valence-electron chi connectivity index (χ2n) is 7.86. The zero-order valence-corrected chi connectivity index (χ0v) is 19.2. The predicted octanol–water partition coefficient (Wildman–Crippen LogP) is 2.06. The molecule has 35 heavy (non-hydrogen) atoms. The largest absolute Gasteiger partial charge is 0.490 e. The molecule has 3 aromatic heterocycles. The van der Waals surface area contributed by atoms with E-state index in [0.717, 1.165) is 29.3 Å². The third kappa shape index (κ3) is 5.85. The van der Waals surface area contributed by atoms with Gasteiger partial charge in [0.2, 0.25) is 0 Å². The molecule has 0 aliphatic carbocycles. The number of thiophene rings is 1. The topological polar surface area (TPSA) is 127 Å². The number of rotatable bonds is 4. The zero-order chi connectivity index (χ0) is 25.0. The Hall–Kier alpha value is -3.33. The Kier molecular flexibility index (Phi) is 7.45. The number of carbonyl (C=O) groups excluding carboxylic acids is 1. The van der Waals surface area contributed by atoms with Gasteiger partial charge >= 0.3 is 12.1 Å². The van der Waals surface area contributed by atoms with Crippen LogP contribution in [0.1, 0.15) is 22.5 Å². The van der Waals surface area contributed by atoms with E-state index in [1.807, 2.05) is 22.4 Å². The molecule has 2 aliphatic rings. The second-order valence-corrected chi connectivity index (χ2v) is 8.81. The fourth-order valence-electron chi connectivity index (χ4n) is 3.83. The maximum Gasteiger partial charge on any atom is 0.490 e. The van der Waals surface area contributed by atoms with Crippen LogP contribution in [-0.4, -0.2) is 91.9 Å². The fourth-order valence-corrected chi connectivity index (χ4v) is 4.52. The molecule has 2 aliphatic heterocycles. The Morgan fingerprint density at radius 2 is 1.94 bits per heavy atom. The van der Waals surface area contributed by atoms with Crippen molar-refractivity contribution in [3.05, 3.63) is 28.7 Å². The number of nitrogens with zero attached hydrogens (tertiary/aromatic N) is 7. The highest BCUT2D eigenvalue weighted by atomic mass is 32.1. The molecule has 0 spiro atoms. The first kappa shape index (κ1) is 24.8. The number of anilines is 1. The summed E-state index contributed by atoms with van der Waals surface area (Å²) in [4.78, 5) is 35.2. The third-order valence-corrected chi connectivity index (χ3v) is 6.32. The highest BCUT2D eigenvalue weighted by Gasteiger charge is 2.38. The van der Waals surface area contributed by atoms with Gasteiger partial charge in [-0.1, -0.05) is 11.3 Å². The summed E-state index contributed by atoms with van der Waals surface area (Å²) in [7, 11) is 0. The van der Waals surface area contributed by atoms with E-state index in [1.165, 1.54) is 24.2 Å². The van der Waals surface area contributed by atoms with Gasteiger partial charge in [0.05, 0.1) is 24.1 Å². The molecule has 2 fully saturated rings. The van der Waals surface area contributed by atoms with Gasteiger partial charge in [0.1, 0.15) is 6.33 Å². The Labute approximate surface area is 201 Å². The van der Waals surface area contributed by atoms with Crippen LogP contribution in [0.4, 0.5) is 19.0 Å². The first-order chi connectivity index (χ1) is 16.7. The molecule has 188 valence electrons. The molecular formula is C20H22F3N7O4S. The first-order valence-corrected chi connectivity index (χ1v) is 11.7. The summed E-state index contributed by atoms with van der Waals surface area (Å²) in [6.45, 7) is 4.13. The lowest BCUT2D eigenvalue weighted by Gasteiger charge is -2.32. The molecular weight excluding hydrogens is 491 g/mol. The monoisotopic (exact) mass is 513 g/mol. The number of aliphatic carboxylic acids is 1. The minimum Gasteiger partial charge on any atom is -0.475 e. The summed E-state index contributed by atoms with van der Waals surface area (Å²) in [5.41, 5.74) is 1.44. The van der Waals surface area contributed by atoms with Gasteiger partial charge in [-0.2, -0.15) is 13.2 Å². The van der Waals surface area contributed by atoms with Crippen LogP contribution in [0.3, 0.4) is 0 Å². The third-order valence-electron chi connectivity index (χ3n) is 5.46. The minimum atomic E-state index is -5.08. The number of halogens is 3. The van der Waals surface area contributed by atoms with Gasteiger partial charge in [0.15, 0.2) is 17.0 Å². The zero-order valence-electron chi connectivity index (χ0n) is 18.4. The lowest BCUT2D eigenvalue weighted by molar-refractivity contribution is -0.192. The molecule has 1 N–H and O–H groups in total. The number of amides is 1. The van der Waals surface area contributed by atoms with Gasteiger partial charge in [-0.25, -0.2) is 19.4 Å². The van der Waals surface area contributed by atoms with Crippen LogP contribution in [0.5, 0.6) is 0 Å². The van der Waals surface area contributed by atoms with Gasteiger partial charge in [0.25, 0.3) is 5.91 Å². The molecule has 1 atom stereocenters. The van der Waals surface area contributed by atoms with E-state index in [1.54, 1.807) is 11.0 Å². The molecule has 0 aromatic carbocycles. The molecule has 15 heteroatoms. The number of carboxylic acid groups (broad SMARTS) is 1. The van der Waals surface area contributed by atoms with Crippen molar-refractivity contribution < 1.29 is 32.6 Å². The minimum absolute atomic E-state index is 0.0605. The smallest absolute Gasteiger partial charge is 0.475 e. The summed E-state index contributed by atoms with van der Waals surface area (Å²) >= 11 is 1.47. The number of hydrogen-bond donors (Lipinski definition) is 1. The molecule has 11 nitrogen and oxygen atoms in total. The lowest BCUT2D eigenvalue weighted by atomic mass is 10.2. The van der Waals surface area contributed by atoms with Crippen molar-refractivity contribution >= 4 is 40.2 Å². The van der Waals surface area contributed by atoms with Crippen molar-refractivity contribution in [1.29, 1.82) is 0 Å². The van der Waals surface area contributed by atoms with Gasteiger partial charge < -0.3 is 19.6 Å². The van der Waals surface area contributed by atoms with Crippen LogP contribution in [0.15, 0.2) is 23.8 Å². The molecule has 2 saturated heterocycles. The standard InChI is InChI=1S/C18H21N7O2S.C2HF3O2/c26-18(14-4-3-9-28-14)24-7-8-27-13(10-24)11-25-17-15(21-22-25)16(19-12-20-17)23-5-1-2-6-23;3-2(4,5)1(6)7/h3-4,9,12-13H,1-2,5-8,10-11H2;(H,6,7). The van der Waals surface area contributed by atoms with E-state index < -0.39 is 12.1 Å². The Balaban J connectivity index is 0.000000364. The summed E-state index contributed by atoms with van der Waals surface area (Å²) in [6, 6.07) is 3.76. The Morgan fingerprint density at radius 1 is 1.20 bits per heavy atom. The molecule has 1 unspecified atom stereocenters. The van der Waals surface area contributed by atoms with Crippen molar-refractivity contribution in [3.63, 3.8) is 0 Å². The average Bonchev–Trinajstić information content (AvgIpc) is 3.61. The highest BCUT2D eigenvalue weighted by Crippen LogP contribution is 2.24. The highest BCUT2D eigenvalue weighted by molar-refractivity contribution is 7.12. The summed E-state index contributed by atoms with van der Waals surface area (Å²) in [5, 5.41) is 17.7. The van der Waals surface area contributed by atoms with Crippen molar-refractivity contribution in [1.82, 2.24) is 29.9 Å². The Morgan fingerprint density at radius 3 is 2.60 bits per heavy atom.